The van der Waals surface area contributed by atoms with Crippen molar-refractivity contribution in [3.05, 3.63) is 0 Å². The molecule has 0 rings (SSSR count). The molecule has 0 aliphatic carbocycles. The van der Waals surface area contributed by atoms with Crippen LogP contribution in [-0.4, -0.2) is 0 Å². The predicted molar refractivity (Wildman–Crippen MR) is 70.9 cm³/mol. The summed E-state index contributed by atoms with van der Waals surface area (Å²) in [4.78, 5) is 0. The van der Waals surface area contributed by atoms with E-state index >= 15 is 0 Å². The molecule has 0 heteroatoms. The smallest absolute Gasteiger partial charge is 0.0443 e. The van der Waals surface area contributed by atoms with Crippen molar-refractivity contribution >= 4 is 0 Å². The average Bonchev–Trinajstić information content (AvgIpc) is 2.20. The highest BCUT2D eigenvalue weighted by Gasteiger charge is 1.97. The summed E-state index contributed by atoms with van der Waals surface area (Å²) in [5, 5.41) is 0. The van der Waals surface area contributed by atoms with E-state index in [2.05, 4.69) is 34.6 Å². The summed E-state index contributed by atoms with van der Waals surface area (Å²) in [6.07, 6.45) is 8.23. The minimum absolute atomic E-state index is 0.968. The van der Waals surface area contributed by atoms with Gasteiger partial charge >= 0.3 is 0 Å². The van der Waals surface area contributed by atoms with Gasteiger partial charge in [0.25, 0.3) is 0 Å². The minimum atomic E-state index is 0.968. The van der Waals surface area contributed by atoms with Crippen molar-refractivity contribution in [2.75, 3.05) is 0 Å². The Morgan fingerprint density at radius 3 is 1.50 bits per heavy atom. The molecule has 14 heavy (non-hydrogen) atoms. The van der Waals surface area contributed by atoms with Gasteiger partial charge in [0.05, 0.1) is 0 Å². The van der Waals surface area contributed by atoms with Crippen molar-refractivity contribution in [2.24, 2.45) is 5.92 Å². The van der Waals surface area contributed by atoms with E-state index in [4.69, 9.17) is 0 Å². The Labute approximate surface area is 93.5 Å². The molecule has 0 aliphatic rings. The topological polar surface area (TPSA) is 0 Å². The molecule has 0 radical (unpaired) electrons. The number of unbranched alkanes of at least 4 members (excludes halogenated alkanes) is 1. The number of hydrogen-bond acceptors (Lipinski definition) is 0. The van der Waals surface area contributed by atoms with E-state index in [1.165, 1.54) is 38.5 Å². The van der Waals surface area contributed by atoms with E-state index in [9.17, 15) is 0 Å². The zero-order valence-corrected chi connectivity index (χ0v) is 11.8. The number of rotatable bonds is 5. The molecule has 0 spiro atoms. The van der Waals surface area contributed by atoms with Gasteiger partial charge in [-0.25, -0.2) is 0 Å². The Morgan fingerprint density at radius 2 is 1.21 bits per heavy atom. The van der Waals surface area contributed by atoms with Crippen LogP contribution < -0.4 is 0 Å². The van der Waals surface area contributed by atoms with Gasteiger partial charge < -0.3 is 0 Å². The van der Waals surface area contributed by atoms with Gasteiger partial charge in [-0.05, 0) is 5.92 Å². The molecule has 0 aromatic rings. The van der Waals surface area contributed by atoms with Crippen LogP contribution >= 0.6 is 0 Å². The molecule has 0 N–H and O–H groups in total. The van der Waals surface area contributed by atoms with E-state index in [1.54, 1.807) is 0 Å². The molecule has 0 amide bonds. The van der Waals surface area contributed by atoms with E-state index in [0.717, 1.165) is 5.92 Å². The van der Waals surface area contributed by atoms with Gasteiger partial charge in [0, 0.05) is 0 Å². The quantitative estimate of drug-likeness (QED) is 0.508. The van der Waals surface area contributed by atoms with E-state index in [0.29, 0.717) is 0 Å². The van der Waals surface area contributed by atoms with Gasteiger partial charge in [0.1, 0.15) is 0 Å². The molecule has 0 heterocycles. The summed E-state index contributed by atoms with van der Waals surface area (Å²) in [7, 11) is 0. The standard InChI is InChI=1S/C9H20.C3H8.C2H6/c1-4-6-8-9(3)7-5-2;1-3-2;1-2/h9H,4-8H2,1-3H3;3H2,1-2H3;1-2H3. The number of hydrogen-bond donors (Lipinski definition) is 0. The first-order valence-corrected chi connectivity index (χ1v) is 6.72. The first kappa shape index (κ1) is 19.6. The van der Waals surface area contributed by atoms with Crippen molar-refractivity contribution in [3.63, 3.8) is 0 Å². The summed E-state index contributed by atoms with van der Waals surface area (Å²) in [6, 6.07) is 0. The molecular weight excluding hydrogens is 168 g/mol. The molecule has 0 aliphatic heterocycles. The molecular formula is C14H34. The Hall–Kier alpha value is 0. The molecule has 1 unspecified atom stereocenters. The Balaban J connectivity index is -0.000000205. The maximum Gasteiger partial charge on any atom is -0.0443 e. The van der Waals surface area contributed by atoms with Crippen LogP contribution in [0, 0.1) is 5.92 Å². The fourth-order valence-corrected chi connectivity index (χ4v) is 1.19. The largest absolute Gasteiger partial charge is 0.0683 e. The lowest BCUT2D eigenvalue weighted by Crippen LogP contribution is -1.92. The van der Waals surface area contributed by atoms with Crippen molar-refractivity contribution in [2.45, 2.75) is 87.0 Å². The van der Waals surface area contributed by atoms with Gasteiger partial charge in [-0.15, -0.1) is 0 Å². The lowest BCUT2D eigenvalue weighted by atomic mass is 10.00. The van der Waals surface area contributed by atoms with Crippen molar-refractivity contribution in [3.8, 4) is 0 Å². The molecule has 0 saturated carbocycles. The Kier molecular flexibility index (Phi) is 32.3. The minimum Gasteiger partial charge on any atom is -0.0683 e. The molecule has 0 fully saturated rings. The van der Waals surface area contributed by atoms with Crippen LogP contribution in [0.1, 0.15) is 87.0 Å². The lowest BCUT2D eigenvalue weighted by Gasteiger charge is -2.07. The molecule has 90 valence electrons. The van der Waals surface area contributed by atoms with Crippen molar-refractivity contribution < 1.29 is 0 Å². The fraction of sp³-hybridized carbons (Fsp3) is 1.00. The lowest BCUT2D eigenvalue weighted by molar-refractivity contribution is 0.466. The third-order valence-corrected chi connectivity index (χ3v) is 1.83. The monoisotopic (exact) mass is 202 g/mol. The third kappa shape index (κ3) is 29.6. The highest BCUT2D eigenvalue weighted by molar-refractivity contribution is 4.50. The summed E-state index contributed by atoms with van der Waals surface area (Å²) < 4.78 is 0. The maximum atomic E-state index is 2.36. The molecule has 0 aromatic heterocycles. The molecule has 1 atom stereocenters. The van der Waals surface area contributed by atoms with Gasteiger partial charge in [-0.1, -0.05) is 87.0 Å². The zero-order chi connectivity index (χ0) is 11.8. The van der Waals surface area contributed by atoms with E-state index in [1.807, 2.05) is 13.8 Å². The van der Waals surface area contributed by atoms with E-state index < -0.39 is 0 Å². The highest BCUT2D eigenvalue weighted by Crippen LogP contribution is 2.12. The van der Waals surface area contributed by atoms with Gasteiger partial charge in [0.2, 0.25) is 0 Å². The normalized spacial score (nSPS) is 10.5. The second-order valence-corrected chi connectivity index (χ2v) is 3.74. The van der Waals surface area contributed by atoms with Crippen LogP contribution in [0.15, 0.2) is 0 Å². The summed E-state index contributed by atoms with van der Waals surface area (Å²) in [6.45, 7) is 15.1. The molecule has 0 nitrogen and oxygen atoms in total. The van der Waals surface area contributed by atoms with Gasteiger partial charge in [-0.2, -0.15) is 0 Å². The van der Waals surface area contributed by atoms with Gasteiger partial charge in [0.15, 0.2) is 0 Å². The molecule has 0 saturated heterocycles. The van der Waals surface area contributed by atoms with Crippen LogP contribution in [0.5, 0.6) is 0 Å². The fourth-order valence-electron chi connectivity index (χ4n) is 1.19. The zero-order valence-electron chi connectivity index (χ0n) is 11.8. The first-order chi connectivity index (χ1) is 6.72. The Bertz CT molecular complexity index is 57.1. The van der Waals surface area contributed by atoms with Crippen LogP contribution in [0.4, 0.5) is 0 Å². The van der Waals surface area contributed by atoms with Crippen LogP contribution in [0.3, 0.4) is 0 Å². The maximum absolute atomic E-state index is 2.36. The summed E-state index contributed by atoms with van der Waals surface area (Å²) in [5.74, 6) is 0.968. The summed E-state index contributed by atoms with van der Waals surface area (Å²) >= 11 is 0. The van der Waals surface area contributed by atoms with Crippen molar-refractivity contribution in [1.29, 1.82) is 0 Å². The third-order valence-electron chi connectivity index (χ3n) is 1.83. The van der Waals surface area contributed by atoms with Crippen LogP contribution in [0.2, 0.25) is 0 Å². The van der Waals surface area contributed by atoms with Crippen LogP contribution in [0.25, 0.3) is 0 Å². The van der Waals surface area contributed by atoms with Crippen LogP contribution in [-0.2, 0) is 0 Å². The first-order valence-electron chi connectivity index (χ1n) is 6.72. The molecule has 0 bridgehead atoms. The second-order valence-electron chi connectivity index (χ2n) is 3.74. The second kappa shape index (κ2) is 23.1. The average molecular weight is 202 g/mol. The molecule has 0 aromatic carbocycles. The van der Waals surface area contributed by atoms with Gasteiger partial charge in [-0.3, -0.25) is 0 Å². The Morgan fingerprint density at radius 1 is 0.786 bits per heavy atom. The van der Waals surface area contributed by atoms with E-state index in [-0.39, 0.29) is 0 Å². The SMILES string of the molecule is CC.CCC.CCCCC(C)CCC. The summed E-state index contributed by atoms with van der Waals surface area (Å²) in [5.41, 5.74) is 0. The predicted octanol–water partition coefficient (Wildman–Crippen LogP) is 6.06. The highest BCUT2D eigenvalue weighted by atomic mass is 14.0. The van der Waals surface area contributed by atoms with Crippen molar-refractivity contribution in [1.82, 2.24) is 0 Å².